The highest BCUT2D eigenvalue weighted by Gasteiger charge is 2.38. The Hall–Kier alpha value is -1.67. The van der Waals surface area contributed by atoms with Gasteiger partial charge in [0.05, 0.1) is 11.5 Å². The number of aliphatic hydroxyl groups excluding tert-OH is 1. The predicted octanol–water partition coefficient (Wildman–Crippen LogP) is 1.96. The van der Waals surface area contributed by atoms with Crippen LogP contribution in [0.2, 0.25) is 0 Å². The van der Waals surface area contributed by atoms with Gasteiger partial charge in [-0.1, -0.05) is 13.3 Å². The lowest BCUT2D eigenvalue weighted by atomic mass is 9.85. The van der Waals surface area contributed by atoms with Crippen molar-refractivity contribution < 1.29 is 18.4 Å². The van der Waals surface area contributed by atoms with Gasteiger partial charge in [-0.2, -0.15) is 0 Å². The van der Waals surface area contributed by atoms with Gasteiger partial charge in [-0.25, -0.2) is 8.42 Å². The number of benzene rings is 1. The lowest BCUT2D eigenvalue weighted by molar-refractivity contribution is -0.387. The molecule has 0 heterocycles. The second-order valence-corrected chi connectivity index (χ2v) is 8.10. The van der Waals surface area contributed by atoms with Crippen LogP contribution in [0.1, 0.15) is 26.2 Å². The molecule has 1 saturated carbocycles. The number of nitrogens with zero attached hydrogens (tertiary/aromatic N) is 1. The molecule has 1 aromatic carbocycles. The maximum absolute atomic E-state index is 11.8. The Morgan fingerprint density at radius 2 is 2.18 bits per heavy atom. The fourth-order valence-electron chi connectivity index (χ4n) is 2.92. The third kappa shape index (κ3) is 3.22. The molecule has 2 unspecified atom stereocenters. The molecule has 1 fully saturated rings. The summed E-state index contributed by atoms with van der Waals surface area (Å²) in [5, 5.41) is 23.7. The molecule has 0 amide bonds. The largest absolute Gasteiger partial charge is 0.396 e. The van der Waals surface area contributed by atoms with Crippen LogP contribution in [-0.2, 0) is 9.84 Å². The van der Waals surface area contributed by atoms with Crippen molar-refractivity contribution in [2.45, 2.75) is 37.1 Å². The van der Waals surface area contributed by atoms with Crippen molar-refractivity contribution in [2.24, 2.45) is 5.41 Å². The monoisotopic (exact) mass is 328 g/mol. The van der Waals surface area contributed by atoms with E-state index in [1.54, 1.807) is 0 Å². The topological polar surface area (TPSA) is 110 Å². The Morgan fingerprint density at radius 1 is 1.50 bits per heavy atom. The van der Waals surface area contributed by atoms with Gasteiger partial charge in [0, 0.05) is 29.5 Å². The number of anilines is 1. The van der Waals surface area contributed by atoms with Crippen molar-refractivity contribution in [1.29, 1.82) is 0 Å². The predicted molar refractivity (Wildman–Crippen MR) is 82.7 cm³/mol. The Morgan fingerprint density at radius 3 is 2.73 bits per heavy atom. The number of sulfone groups is 1. The minimum Gasteiger partial charge on any atom is -0.396 e. The third-order valence-electron chi connectivity index (χ3n) is 4.34. The number of rotatable bonds is 5. The number of nitro groups is 1. The summed E-state index contributed by atoms with van der Waals surface area (Å²) >= 11 is 0. The minimum absolute atomic E-state index is 0.00589. The van der Waals surface area contributed by atoms with E-state index in [0.717, 1.165) is 25.5 Å². The first-order chi connectivity index (χ1) is 10.2. The zero-order valence-electron chi connectivity index (χ0n) is 12.6. The molecular formula is C14H20N2O5S. The van der Waals surface area contributed by atoms with Gasteiger partial charge in [0.2, 0.25) is 0 Å². The highest BCUT2D eigenvalue weighted by molar-refractivity contribution is 7.90. The number of nitrogens with one attached hydrogen (secondary N) is 1. The molecule has 122 valence electrons. The van der Waals surface area contributed by atoms with E-state index < -0.39 is 20.4 Å². The lowest BCUT2D eigenvalue weighted by Crippen LogP contribution is -2.36. The quantitative estimate of drug-likeness (QED) is 0.631. The molecule has 1 aliphatic carbocycles. The summed E-state index contributed by atoms with van der Waals surface area (Å²) in [5.41, 5.74) is -0.186. The molecule has 0 spiro atoms. The molecule has 7 nitrogen and oxygen atoms in total. The molecule has 0 radical (unpaired) electrons. The van der Waals surface area contributed by atoms with E-state index in [1.807, 2.05) is 6.92 Å². The van der Waals surface area contributed by atoms with Crippen molar-refractivity contribution in [3.63, 3.8) is 0 Å². The number of aliphatic hydroxyl groups is 1. The summed E-state index contributed by atoms with van der Waals surface area (Å²) in [6, 6.07) is 4.00. The molecule has 2 atom stereocenters. The molecule has 1 aromatic rings. The highest BCUT2D eigenvalue weighted by atomic mass is 32.2. The van der Waals surface area contributed by atoms with Crippen LogP contribution in [0.5, 0.6) is 0 Å². The zero-order chi connectivity index (χ0) is 16.5. The van der Waals surface area contributed by atoms with Gasteiger partial charge < -0.3 is 10.4 Å². The molecule has 0 aromatic heterocycles. The highest BCUT2D eigenvalue weighted by Crippen LogP contribution is 2.39. The Balaban J connectivity index is 2.36. The van der Waals surface area contributed by atoms with Crippen LogP contribution in [0.3, 0.4) is 0 Å². The molecule has 2 N–H and O–H groups in total. The van der Waals surface area contributed by atoms with E-state index in [-0.39, 0.29) is 23.0 Å². The molecule has 8 heteroatoms. The van der Waals surface area contributed by atoms with E-state index in [2.05, 4.69) is 5.32 Å². The van der Waals surface area contributed by atoms with Crippen molar-refractivity contribution in [2.75, 3.05) is 18.2 Å². The van der Waals surface area contributed by atoms with Crippen LogP contribution < -0.4 is 5.32 Å². The van der Waals surface area contributed by atoms with Crippen LogP contribution in [0.25, 0.3) is 0 Å². The summed E-state index contributed by atoms with van der Waals surface area (Å²) in [4.78, 5) is 9.96. The van der Waals surface area contributed by atoms with Gasteiger partial charge in [0.1, 0.15) is 4.90 Å². The summed E-state index contributed by atoms with van der Waals surface area (Å²) < 4.78 is 23.5. The minimum atomic E-state index is -3.70. The fraction of sp³-hybridized carbons (Fsp3) is 0.571. The van der Waals surface area contributed by atoms with E-state index in [0.29, 0.717) is 5.69 Å². The van der Waals surface area contributed by atoms with Crippen molar-refractivity contribution in [3.8, 4) is 0 Å². The summed E-state index contributed by atoms with van der Waals surface area (Å²) in [6.07, 6.45) is 3.67. The van der Waals surface area contributed by atoms with Gasteiger partial charge in [0.15, 0.2) is 9.84 Å². The van der Waals surface area contributed by atoms with E-state index in [1.165, 1.54) is 18.2 Å². The first-order valence-corrected chi connectivity index (χ1v) is 8.92. The van der Waals surface area contributed by atoms with Crippen molar-refractivity contribution in [3.05, 3.63) is 28.3 Å². The lowest BCUT2D eigenvalue weighted by Gasteiger charge is -2.31. The average molecular weight is 328 g/mol. The Kier molecular flexibility index (Phi) is 4.44. The van der Waals surface area contributed by atoms with Crippen LogP contribution in [0.4, 0.5) is 11.4 Å². The van der Waals surface area contributed by atoms with Gasteiger partial charge in [-0.05, 0) is 25.0 Å². The molecule has 0 aliphatic heterocycles. The SMILES string of the molecule is CC1(CO)CCCC1Nc1ccc([N+](=O)[O-])c(S(C)(=O)=O)c1. The van der Waals surface area contributed by atoms with Crippen molar-refractivity contribution in [1.82, 2.24) is 0 Å². The van der Waals surface area contributed by atoms with Crippen LogP contribution >= 0.6 is 0 Å². The Labute approximate surface area is 129 Å². The molecule has 1 aliphatic rings. The second-order valence-electron chi connectivity index (χ2n) is 6.11. The zero-order valence-corrected chi connectivity index (χ0v) is 13.4. The second kappa shape index (κ2) is 5.85. The Bertz CT molecular complexity index is 688. The van der Waals surface area contributed by atoms with Gasteiger partial charge in [-0.3, -0.25) is 10.1 Å². The standard InChI is InChI=1S/C14H20N2O5S/c1-14(9-17)7-3-4-13(14)15-10-5-6-11(16(18)19)12(8-10)22(2,20)21/h5-6,8,13,15,17H,3-4,7,9H2,1-2H3. The molecule has 2 rings (SSSR count). The normalized spacial score (nSPS) is 25.1. The summed E-state index contributed by atoms with van der Waals surface area (Å²) in [6.45, 7) is 2.01. The van der Waals surface area contributed by atoms with Crippen LogP contribution in [-0.4, -0.2) is 37.4 Å². The first kappa shape index (κ1) is 16.7. The average Bonchev–Trinajstić information content (AvgIpc) is 2.79. The molecule has 22 heavy (non-hydrogen) atoms. The molecule has 0 bridgehead atoms. The first-order valence-electron chi connectivity index (χ1n) is 7.03. The number of nitro benzene ring substituents is 1. The van der Waals surface area contributed by atoms with E-state index >= 15 is 0 Å². The summed E-state index contributed by atoms with van der Waals surface area (Å²) in [7, 11) is -3.70. The fourth-order valence-corrected chi connectivity index (χ4v) is 3.78. The molecular weight excluding hydrogens is 308 g/mol. The van der Waals surface area contributed by atoms with E-state index in [9.17, 15) is 23.6 Å². The maximum atomic E-state index is 11.8. The van der Waals surface area contributed by atoms with Crippen LogP contribution in [0, 0.1) is 15.5 Å². The maximum Gasteiger partial charge on any atom is 0.288 e. The third-order valence-corrected chi connectivity index (χ3v) is 5.47. The van der Waals surface area contributed by atoms with Crippen LogP contribution in [0.15, 0.2) is 23.1 Å². The van der Waals surface area contributed by atoms with Gasteiger partial charge >= 0.3 is 0 Å². The summed E-state index contributed by atoms with van der Waals surface area (Å²) in [5.74, 6) is 0. The van der Waals surface area contributed by atoms with Crippen molar-refractivity contribution >= 4 is 21.2 Å². The number of hydrogen-bond acceptors (Lipinski definition) is 6. The smallest absolute Gasteiger partial charge is 0.288 e. The van der Waals surface area contributed by atoms with E-state index in [4.69, 9.17) is 0 Å². The van der Waals surface area contributed by atoms with Gasteiger partial charge in [-0.15, -0.1) is 0 Å². The number of hydrogen-bond donors (Lipinski definition) is 2. The molecule has 0 saturated heterocycles. The van der Waals surface area contributed by atoms with Gasteiger partial charge in [0.25, 0.3) is 5.69 Å².